The zero-order chi connectivity index (χ0) is 27.5. The molecule has 206 valence electrons. The molecular weight excluding hydrogens is 484 g/mol. The van der Waals surface area contributed by atoms with Crippen LogP contribution in [0.1, 0.15) is 57.6 Å². The molecule has 1 aromatic rings. The number of fused-ring (bicyclic) bond motifs is 1. The van der Waals surface area contributed by atoms with Crippen molar-refractivity contribution in [3.05, 3.63) is 61.2 Å². The number of benzene rings is 1. The first-order valence-corrected chi connectivity index (χ1v) is 13.6. The second-order valence-corrected chi connectivity index (χ2v) is 10.8. The molecule has 1 N–H and O–H groups in total. The standard InChI is InChI=1S/C30H40N2O6/c1-5-8-18-31(17-7-3)27(35)25-30-16-15-29(4,38-30)24(28(36)37-19-9-6-2)23(30)26(34)32(25)22(20-33)21-13-11-10-12-14-21/h6-7,10-14,22-25,33H,2-3,5,8-9,15-20H2,1,4H3/t22-,23+,24-,25?,29+,30?/m1/s1. The Morgan fingerprint density at radius 3 is 2.63 bits per heavy atom. The maximum atomic E-state index is 14.4. The zero-order valence-electron chi connectivity index (χ0n) is 22.5. The molecule has 4 rings (SSSR count). The van der Waals surface area contributed by atoms with E-state index in [1.165, 1.54) is 4.90 Å². The number of nitrogens with zero attached hydrogens (tertiary/aromatic N) is 2. The minimum atomic E-state index is -1.18. The third-order valence-electron chi connectivity index (χ3n) is 8.40. The normalized spacial score (nSPS) is 30.1. The summed E-state index contributed by atoms with van der Waals surface area (Å²) in [5, 5.41) is 10.6. The summed E-state index contributed by atoms with van der Waals surface area (Å²) in [7, 11) is 0. The fraction of sp³-hybridized carbons (Fsp3) is 0.567. The fourth-order valence-corrected chi connectivity index (χ4v) is 6.67. The first-order valence-electron chi connectivity index (χ1n) is 13.6. The molecule has 2 unspecified atom stereocenters. The van der Waals surface area contributed by atoms with Gasteiger partial charge < -0.3 is 24.4 Å². The molecule has 0 aromatic heterocycles. The molecule has 8 heteroatoms. The Morgan fingerprint density at radius 2 is 2.00 bits per heavy atom. The number of hydrogen-bond acceptors (Lipinski definition) is 6. The Morgan fingerprint density at radius 1 is 1.26 bits per heavy atom. The van der Waals surface area contributed by atoms with Gasteiger partial charge in [-0.2, -0.15) is 0 Å². The topological polar surface area (TPSA) is 96.4 Å². The quantitative estimate of drug-likeness (QED) is 0.241. The number of carbonyl (C=O) groups is 3. The predicted octanol–water partition coefficient (Wildman–Crippen LogP) is 3.42. The second-order valence-electron chi connectivity index (χ2n) is 10.8. The average Bonchev–Trinajstić information content (AvgIpc) is 3.48. The van der Waals surface area contributed by atoms with E-state index < -0.39 is 41.1 Å². The predicted molar refractivity (Wildman–Crippen MR) is 143 cm³/mol. The number of amides is 2. The first-order chi connectivity index (χ1) is 18.3. The average molecular weight is 525 g/mol. The van der Waals surface area contributed by atoms with Crippen LogP contribution in [0, 0.1) is 11.8 Å². The van der Waals surface area contributed by atoms with Gasteiger partial charge in [0.15, 0.2) is 0 Å². The molecule has 3 aliphatic rings. The lowest BCUT2D eigenvalue weighted by Gasteiger charge is -2.39. The molecule has 0 aliphatic carbocycles. The monoisotopic (exact) mass is 524 g/mol. The number of aliphatic hydroxyl groups excluding tert-OH is 1. The van der Waals surface area contributed by atoms with E-state index in [2.05, 4.69) is 20.1 Å². The van der Waals surface area contributed by atoms with Crippen LogP contribution in [0.25, 0.3) is 0 Å². The Balaban J connectivity index is 1.81. The Labute approximate surface area is 225 Å². The van der Waals surface area contributed by atoms with Gasteiger partial charge in [-0.1, -0.05) is 55.8 Å². The van der Waals surface area contributed by atoms with Crippen LogP contribution < -0.4 is 0 Å². The minimum absolute atomic E-state index is 0.169. The van der Waals surface area contributed by atoms with Gasteiger partial charge in [0, 0.05) is 13.1 Å². The van der Waals surface area contributed by atoms with Crippen molar-refractivity contribution in [2.45, 2.75) is 69.2 Å². The molecule has 3 heterocycles. The van der Waals surface area contributed by atoms with Crippen molar-refractivity contribution < 1.29 is 29.0 Å². The number of carbonyl (C=O) groups excluding carboxylic acids is 3. The van der Waals surface area contributed by atoms with Crippen LogP contribution in [0.4, 0.5) is 0 Å². The van der Waals surface area contributed by atoms with E-state index in [-0.39, 0.29) is 25.0 Å². The molecule has 6 atom stereocenters. The molecule has 3 fully saturated rings. The highest BCUT2D eigenvalue weighted by atomic mass is 16.6. The van der Waals surface area contributed by atoms with E-state index >= 15 is 0 Å². The summed E-state index contributed by atoms with van der Waals surface area (Å²) in [5.74, 6) is -2.80. The molecule has 38 heavy (non-hydrogen) atoms. The van der Waals surface area contributed by atoms with Crippen molar-refractivity contribution in [1.29, 1.82) is 0 Å². The maximum absolute atomic E-state index is 14.4. The Hall–Kier alpha value is -2.97. The summed E-state index contributed by atoms with van der Waals surface area (Å²) in [6.45, 7) is 12.0. The number of ether oxygens (including phenoxy) is 2. The van der Waals surface area contributed by atoms with Gasteiger partial charge in [0.25, 0.3) is 0 Å². The van der Waals surface area contributed by atoms with Crippen LogP contribution in [0.5, 0.6) is 0 Å². The number of aliphatic hydroxyl groups is 1. The van der Waals surface area contributed by atoms with E-state index in [4.69, 9.17) is 9.47 Å². The summed E-state index contributed by atoms with van der Waals surface area (Å²) in [6, 6.07) is 7.45. The maximum Gasteiger partial charge on any atom is 0.312 e. The van der Waals surface area contributed by atoms with E-state index in [0.717, 1.165) is 12.8 Å². The van der Waals surface area contributed by atoms with E-state index in [0.29, 0.717) is 37.9 Å². The summed E-state index contributed by atoms with van der Waals surface area (Å²) >= 11 is 0. The highest BCUT2D eigenvalue weighted by Gasteiger charge is 2.79. The number of hydrogen-bond donors (Lipinski definition) is 1. The second kappa shape index (κ2) is 11.4. The van der Waals surface area contributed by atoms with Gasteiger partial charge in [-0.05, 0) is 38.2 Å². The molecule has 2 bridgehead atoms. The smallest absolute Gasteiger partial charge is 0.312 e. The Bertz CT molecular complexity index is 1060. The van der Waals surface area contributed by atoms with Crippen LogP contribution in [0.3, 0.4) is 0 Å². The SMILES string of the molecule is C=CCCOC(=O)[C@H]1[C@H]2C(=O)N([C@H](CO)c3ccccc3)C(C(=O)N(CC=C)CCCC)C23CC[C@]1(C)O3. The van der Waals surface area contributed by atoms with Crippen LogP contribution in [0.2, 0.25) is 0 Å². The molecule has 2 amide bonds. The van der Waals surface area contributed by atoms with Gasteiger partial charge >= 0.3 is 5.97 Å². The van der Waals surface area contributed by atoms with E-state index in [9.17, 15) is 19.5 Å². The number of likely N-dealkylation sites (tertiary alicyclic amines) is 1. The van der Waals surface area contributed by atoms with Gasteiger partial charge in [0.05, 0.1) is 30.8 Å². The van der Waals surface area contributed by atoms with Crippen molar-refractivity contribution in [1.82, 2.24) is 9.80 Å². The molecule has 1 aromatic carbocycles. The van der Waals surface area contributed by atoms with E-state index in [1.807, 2.05) is 37.3 Å². The van der Waals surface area contributed by atoms with Gasteiger partial charge in [0.1, 0.15) is 17.6 Å². The van der Waals surface area contributed by atoms with Crippen LogP contribution in [0.15, 0.2) is 55.6 Å². The lowest BCUT2D eigenvalue weighted by molar-refractivity contribution is -0.162. The van der Waals surface area contributed by atoms with Crippen molar-refractivity contribution >= 4 is 17.8 Å². The number of unbranched alkanes of at least 4 members (excludes halogenated alkanes) is 1. The summed E-state index contributed by atoms with van der Waals surface area (Å²) in [6.07, 6.45) is 6.54. The minimum Gasteiger partial charge on any atom is -0.465 e. The summed E-state index contributed by atoms with van der Waals surface area (Å²) in [4.78, 5) is 45.3. The highest BCUT2D eigenvalue weighted by Crippen LogP contribution is 2.64. The molecule has 0 saturated carbocycles. The lowest BCUT2D eigenvalue weighted by Crippen LogP contribution is -2.57. The number of esters is 1. The van der Waals surface area contributed by atoms with Crippen LogP contribution in [-0.2, 0) is 23.9 Å². The lowest BCUT2D eigenvalue weighted by atomic mass is 9.66. The van der Waals surface area contributed by atoms with Crippen molar-refractivity contribution in [3.8, 4) is 0 Å². The largest absolute Gasteiger partial charge is 0.465 e. The van der Waals surface area contributed by atoms with Crippen LogP contribution >= 0.6 is 0 Å². The first kappa shape index (κ1) is 28.0. The van der Waals surface area contributed by atoms with E-state index in [1.54, 1.807) is 17.1 Å². The Kier molecular flexibility index (Phi) is 8.43. The van der Waals surface area contributed by atoms with Gasteiger partial charge in [-0.3, -0.25) is 14.4 Å². The van der Waals surface area contributed by atoms with Crippen molar-refractivity contribution in [3.63, 3.8) is 0 Å². The highest BCUT2D eigenvalue weighted by molar-refractivity contribution is 5.98. The van der Waals surface area contributed by atoms with Gasteiger partial charge in [0.2, 0.25) is 11.8 Å². The summed E-state index contributed by atoms with van der Waals surface area (Å²) in [5.41, 5.74) is -1.38. The molecular formula is C30H40N2O6. The van der Waals surface area contributed by atoms with Crippen molar-refractivity contribution in [2.24, 2.45) is 11.8 Å². The molecule has 3 aliphatic heterocycles. The third kappa shape index (κ3) is 4.58. The van der Waals surface area contributed by atoms with Gasteiger partial charge in [-0.15, -0.1) is 13.2 Å². The number of rotatable bonds is 13. The third-order valence-corrected chi connectivity index (χ3v) is 8.40. The van der Waals surface area contributed by atoms with Gasteiger partial charge in [-0.25, -0.2) is 0 Å². The van der Waals surface area contributed by atoms with Crippen LogP contribution in [-0.4, -0.2) is 76.2 Å². The fourth-order valence-electron chi connectivity index (χ4n) is 6.67. The summed E-state index contributed by atoms with van der Waals surface area (Å²) < 4.78 is 12.2. The molecule has 8 nitrogen and oxygen atoms in total. The molecule has 1 spiro atoms. The zero-order valence-corrected chi connectivity index (χ0v) is 22.5. The van der Waals surface area contributed by atoms with Crippen molar-refractivity contribution in [2.75, 3.05) is 26.3 Å². The molecule has 0 radical (unpaired) electrons. The molecule has 3 saturated heterocycles.